The van der Waals surface area contributed by atoms with E-state index in [0.717, 1.165) is 17.1 Å². The van der Waals surface area contributed by atoms with Crippen LogP contribution in [0.5, 0.6) is 0 Å². The third-order valence-electron chi connectivity index (χ3n) is 12.0. The van der Waals surface area contributed by atoms with Crippen LogP contribution in [0, 0.1) is 0 Å². The molecule has 0 spiro atoms. The minimum atomic E-state index is 1.09. The summed E-state index contributed by atoms with van der Waals surface area (Å²) < 4.78 is 2.41. The highest BCUT2D eigenvalue weighted by atomic mass is 15.1. The molecule has 292 valence electrons. The summed E-state index contributed by atoms with van der Waals surface area (Å²) in [6.45, 7) is 0. The number of nitrogens with zero attached hydrogens (tertiary/aromatic N) is 2. The Morgan fingerprint density at radius 1 is 0.258 bits per heavy atom. The maximum atomic E-state index is 2.41. The number of aromatic nitrogens is 1. The molecule has 0 radical (unpaired) electrons. The highest BCUT2D eigenvalue weighted by Crippen LogP contribution is 2.43. The molecule has 62 heavy (non-hydrogen) atoms. The first kappa shape index (κ1) is 36.8. The van der Waals surface area contributed by atoms with Crippen molar-refractivity contribution < 1.29 is 0 Å². The van der Waals surface area contributed by atoms with Gasteiger partial charge in [-0.25, -0.2) is 0 Å². The van der Waals surface area contributed by atoms with Crippen molar-refractivity contribution in [2.75, 3.05) is 4.90 Å². The maximum absolute atomic E-state index is 2.41. The maximum Gasteiger partial charge on any atom is 0.0541 e. The van der Waals surface area contributed by atoms with E-state index in [0.29, 0.717) is 0 Å². The van der Waals surface area contributed by atoms with E-state index in [1.165, 1.54) is 83.1 Å². The minimum Gasteiger partial charge on any atom is -0.310 e. The molecule has 0 saturated carbocycles. The summed E-state index contributed by atoms with van der Waals surface area (Å²) >= 11 is 0. The second-order valence-corrected chi connectivity index (χ2v) is 15.7. The van der Waals surface area contributed by atoms with Crippen LogP contribution in [0.4, 0.5) is 17.1 Å². The van der Waals surface area contributed by atoms with Crippen molar-refractivity contribution in [3.05, 3.63) is 255 Å². The van der Waals surface area contributed by atoms with E-state index in [9.17, 15) is 0 Å². The molecule has 0 aliphatic carbocycles. The standard InChI is InChI=1S/C60H42N2/c1-3-16-43(17-4-1)44-30-32-47(33-31-44)50-20-15-21-52(42-50)61(57-26-11-7-22-53(57)48-18-5-2-6-19-48)51-40-38-46(39-41-51)45-34-36-49(37-35-45)54-23-8-12-27-58(54)62-59-28-13-9-24-55(59)56-25-10-14-29-60(56)62/h1-42H. The molecule has 2 heteroatoms. The Bertz CT molecular complexity index is 3260. The van der Waals surface area contributed by atoms with Crippen LogP contribution in [0.15, 0.2) is 255 Å². The first-order valence-electron chi connectivity index (χ1n) is 21.3. The van der Waals surface area contributed by atoms with E-state index in [1.54, 1.807) is 0 Å². The summed E-state index contributed by atoms with van der Waals surface area (Å²) in [7, 11) is 0. The van der Waals surface area contributed by atoms with Crippen molar-refractivity contribution >= 4 is 38.9 Å². The summed E-state index contributed by atoms with van der Waals surface area (Å²) in [6, 6.07) is 91.9. The molecule has 0 aliphatic rings. The number of anilines is 3. The first-order chi connectivity index (χ1) is 30.8. The van der Waals surface area contributed by atoms with E-state index in [1.807, 2.05) is 0 Å². The fourth-order valence-electron chi connectivity index (χ4n) is 9.01. The largest absolute Gasteiger partial charge is 0.310 e. The zero-order valence-electron chi connectivity index (χ0n) is 34.1. The van der Waals surface area contributed by atoms with Gasteiger partial charge in [0.1, 0.15) is 0 Å². The van der Waals surface area contributed by atoms with Crippen molar-refractivity contribution in [3.8, 4) is 61.3 Å². The third kappa shape index (κ3) is 6.84. The molecule has 0 bridgehead atoms. The Morgan fingerprint density at radius 2 is 0.677 bits per heavy atom. The summed E-state index contributed by atoms with van der Waals surface area (Å²) in [4.78, 5) is 2.39. The minimum absolute atomic E-state index is 1.09. The van der Waals surface area contributed by atoms with Crippen molar-refractivity contribution in [3.63, 3.8) is 0 Å². The smallest absolute Gasteiger partial charge is 0.0541 e. The monoisotopic (exact) mass is 790 g/mol. The van der Waals surface area contributed by atoms with Crippen LogP contribution in [-0.2, 0) is 0 Å². The number of rotatable bonds is 9. The van der Waals surface area contributed by atoms with Gasteiger partial charge >= 0.3 is 0 Å². The van der Waals surface area contributed by atoms with Crippen LogP contribution in [0.1, 0.15) is 0 Å². The zero-order chi connectivity index (χ0) is 41.2. The molecule has 0 unspecified atom stereocenters. The van der Waals surface area contributed by atoms with Crippen molar-refractivity contribution in [2.45, 2.75) is 0 Å². The molecule has 11 rings (SSSR count). The zero-order valence-corrected chi connectivity index (χ0v) is 34.1. The highest BCUT2D eigenvalue weighted by molar-refractivity contribution is 6.09. The lowest BCUT2D eigenvalue weighted by molar-refractivity contribution is 1.18. The van der Waals surface area contributed by atoms with Crippen molar-refractivity contribution in [2.24, 2.45) is 0 Å². The molecule has 1 heterocycles. The van der Waals surface area contributed by atoms with Gasteiger partial charge in [-0.05, 0) is 93.0 Å². The molecular formula is C60H42N2. The summed E-state index contributed by atoms with van der Waals surface area (Å²) in [6.07, 6.45) is 0. The van der Waals surface area contributed by atoms with Crippen molar-refractivity contribution in [1.29, 1.82) is 0 Å². The molecule has 0 atom stereocenters. The van der Waals surface area contributed by atoms with Crippen LogP contribution < -0.4 is 4.90 Å². The van der Waals surface area contributed by atoms with Crippen molar-refractivity contribution in [1.82, 2.24) is 4.57 Å². The lowest BCUT2D eigenvalue weighted by Crippen LogP contribution is -2.11. The van der Waals surface area contributed by atoms with Crippen LogP contribution >= 0.6 is 0 Å². The van der Waals surface area contributed by atoms with Crippen LogP contribution in [0.25, 0.3) is 83.1 Å². The number of hydrogen-bond donors (Lipinski definition) is 0. The Hall–Kier alpha value is -8.20. The normalized spacial score (nSPS) is 11.2. The third-order valence-corrected chi connectivity index (χ3v) is 12.0. The fraction of sp³-hybridized carbons (Fsp3) is 0. The molecular weight excluding hydrogens is 749 g/mol. The predicted molar refractivity (Wildman–Crippen MR) is 263 cm³/mol. The Morgan fingerprint density at radius 3 is 1.31 bits per heavy atom. The number of para-hydroxylation sites is 4. The van der Waals surface area contributed by atoms with E-state index in [4.69, 9.17) is 0 Å². The molecule has 0 aliphatic heterocycles. The lowest BCUT2D eigenvalue weighted by Gasteiger charge is -2.28. The number of hydrogen-bond acceptors (Lipinski definition) is 1. The van der Waals surface area contributed by atoms with Crippen LogP contribution in [0.2, 0.25) is 0 Å². The number of benzene rings is 10. The SMILES string of the molecule is c1ccc(-c2ccc(-c3cccc(N(c4ccc(-c5ccc(-c6ccccc6-n6c7ccccc7c7ccccc76)cc5)cc4)c4ccccc4-c4ccccc4)c3)cc2)cc1. The molecule has 1 aromatic heterocycles. The van der Waals surface area contributed by atoms with Crippen LogP contribution in [-0.4, -0.2) is 4.57 Å². The van der Waals surface area contributed by atoms with E-state index < -0.39 is 0 Å². The van der Waals surface area contributed by atoms with Gasteiger partial charge in [-0.3, -0.25) is 0 Å². The van der Waals surface area contributed by atoms with E-state index in [-0.39, 0.29) is 0 Å². The van der Waals surface area contributed by atoms with Crippen LogP contribution in [0.3, 0.4) is 0 Å². The predicted octanol–water partition coefficient (Wildman–Crippen LogP) is 16.6. The second-order valence-electron chi connectivity index (χ2n) is 15.7. The highest BCUT2D eigenvalue weighted by Gasteiger charge is 2.19. The summed E-state index contributed by atoms with van der Waals surface area (Å²) in [5.74, 6) is 0. The molecule has 0 fully saturated rings. The second kappa shape index (κ2) is 16.1. The first-order valence-corrected chi connectivity index (χ1v) is 21.3. The van der Waals surface area contributed by atoms with Gasteiger partial charge in [-0.15, -0.1) is 0 Å². The average Bonchev–Trinajstić information content (AvgIpc) is 3.69. The Labute approximate surface area is 362 Å². The van der Waals surface area contributed by atoms with Gasteiger partial charge in [-0.2, -0.15) is 0 Å². The fourth-order valence-corrected chi connectivity index (χ4v) is 9.01. The molecule has 0 N–H and O–H groups in total. The van der Waals surface area contributed by atoms with Gasteiger partial charge < -0.3 is 9.47 Å². The molecule has 0 saturated heterocycles. The van der Waals surface area contributed by atoms with Gasteiger partial charge in [0.2, 0.25) is 0 Å². The van der Waals surface area contributed by atoms with Gasteiger partial charge in [0, 0.05) is 33.3 Å². The summed E-state index contributed by atoms with van der Waals surface area (Å²) in [5, 5.41) is 2.53. The average molecular weight is 791 g/mol. The molecule has 10 aromatic carbocycles. The summed E-state index contributed by atoms with van der Waals surface area (Å²) in [5.41, 5.74) is 18.7. The molecule has 0 amide bonds. The molecule has 11 aromatic rings. The Kier molecular flexibility index (Phi) is 9.57. The van der Waals surface area contributed by atoms with E-state index in [2.05, 4.69) is 264 Å². The lowest BCUT2D eigenvalue weighted by atomic mass is 9.98. The van der Waals surface area contributed by atoms with Gasteiger partial charge in [0.25, 0.3) is 0 Å². The van der Waals surface area contributed by atoms with E-state index >= 15 is 0 Å². The van der Waals surface area contributed by atoms with Gasteiger partial charge in [0.15, 0.2) is 0 Å². The Balaban J connectivity index is 0.949. The van der Waals surface area contributed by atoms with Gasteiger partial charge in [-0.1, -0.05) is 206 Å². The topological polar surface area (TPSA) is 8.17 Å². The number of fused-ring (bicyclic) bond motifs is 3. The molecule has 2 nitrogen and oxygen atoms in total. The quantitative estimate of drug-likeness (QED) is 0.141. The van der Waals surface area contributed by atoms with Gasteiger partial charge in [0.05, 0.1) is 22.4 Å².